The second-order valence-corrected chi connectivity index (χ2v) is 5.81. The predicted molar refractivity (Wildman–Crippen MR) is 70.2 cm³/mol. The Balaban J connectivity index is 2.37. The minimum atomic E-state index is -0.462. The summed E-state index contributed by atoms with van der Waals surface area (Å²) in [5.74, 6) is 0.226. The molecule has 1 saturated heterocycles. The Morgan fingerprint density at radius 3 is 2.44 bits per heavy atom. The van der Waals surface area contributed by atoms with Crippen LogP contribution in [0.2, 0.25) is 0 Å². The Kier molecular flexibility index (Phi) is 5.41. The molecule has 1 aliphatic heterocycles. The van der Waals surface area contributed by atoms with E-state index in [9.17, 15) is 9.90 Å². The van der Waals surface area contributed by atoms with Crippen molar-refractivity contribution in [3.8, 4) is 0 Å². The lowest BCUT2D eigenvalue weighted by Gasteiger charge is -2.35. The fourth-order valence-corrected chi connectivity index (χ4v) is 2.10. The number of nitrogens with zero attached hydrogens (tertiary/aromatic N) is 1. The first-order valence-electron chi connectivity index (χ1n) is 6.73. The Morgan fingerprint density at radius 2 is 2.00 bits per heavy atom. The smallest absolute Gasteiger partial charge is 0.410 e. The number of hydrogen-bond donors (Lipinski definition) is 2. The molecule has 2 N–H and O–H groups in total. The molecule has 0 aromatic carbocycles. The van der Waals surface area contributed by atoms with Gasteiger partial charge in [0, 0.05) is 19.0 Å². The van der Waals surface area contributed by atoms with E-state index < -0.39 is 11.8 Å². The Labute approximate surface area is 109 Å². The van der Waals surface area contributed by atoms with Crippen molar-refractivity contribution in [3.63, 3.8) is 0 Å². The number of rotatable bonds is 3. The van der Waals surface area contributed by atoms with Crippen LogP contribution < -0.4 is 5.32 Å². The van der Waals surface area contributed by atoms with E-state index in [1.165, 1.54) is 0 Å². The summed E-state index contributed by atoms with van der Waals surface area (Å²) in [6, 6.07) is 0. The van der Waals surface area contributed by atoms with Gasteiger partial charge in [-0.3, -0.25) is 5.32 Å². The summed E-state index contributed by atoms with van der Waals surface area (Å²) in [4.78, 5) is 13.6. The second-order valence-electron chi connectivity index (χ2n) is 5.81. The van der Waals surface area contributed by atoms with Crippen LogP contribution in [0.15, 0.2) is 0 Å². The summed E-state index contributed by atoms with van der Waals surface area (Å²) in [6.45, 7) is 9.64. The number of ether oxygens (including phenoxy) is 1. The van der Waals surface area contributed by atoms with Crippen LogP contribution >= 0.6 is 0 Å². The third-order valence-electron chi connectivity index (χ3n) is 3.05. The molecule has 0 spiro atoms. The summed E-state index contributed by atoms with van der Waals surface area (Å²) < 4.78 is 5.33. The number of aliphatic hydroxyl groups excluding tert-OH is 1. The van der Waals surface area contributed by atoms with E-state index in [1.54, 1.807) is 4.90 Å². The summed E-state index contributed by atoms with van der Waals surface area (Å²) in [5, 5.41) is 12.9. The number of carbonyl (C=O) groups is 1. The number of carbonyl (C=O) groups excluding carboxylic acids is 1. The van der Waals surface area contributed by atoms with Crippen molar-refractivity contribution in [2.75, 3.05) is 19.6 Å². The van der Waals surface area contributed by atoms with Crippen LogP contribution in [0.1, 0.15) is 40.5 Å². The highest BCUT2D eigenvalue weighted by molar-refractivity contribution is 5.68. The fourth-order valence-electron chi connectivity index (χ4n) is 2.10. The molecule has 1 amide bonds. The van der Waals surface area contributed by atoms with E-state index in [0.717, 1.165) is 19.4 Å². The molecule has 1 fully saturated rings. The van der Waals surface area contributed by atoms with E-state index >= 15 is 0 Å². The zero-order chi connectivity index (χ0) is 13.8. The van der Waals surface area contributed by atoms with E-state index in [2.05, 4.69) is 5.32 Å². The number of nitrogens with one attached hydrogen (secondary N) is 1. The first-order valence-corrected chi connectivity index (χ1v) is 6.73. The van der Waals surface area contributed by atoms with Crippen molar-refractivity contribution in [2.24, 2.45) is 5.92 Å². The van der Waals surface area contributed by atoms with E-state index in [4.69, 9.17) is 4.74 Å². The number of piperidine rings is 1. The maximum Gasteiger partial charge on any atom is 0.410 e. The molecule has 0 aromatic rings. The molecule has 1 rings (SSSR count). The highest BCUT2D eigenvalue weighted by Gasteiger charge is 2.29. The molecule has 5 nitrogen and oxygen atoms in total. The van der Waals surface area contributed by atoms with E-state index in [-0.39, 0.29) is 12.0 Å². The third kappa shape index (κ3) is 4.82. The lowest BCUT2D eigenvalue weighted by molar-refractivity contribution is 0.00277. The van der Waals surface area contributed by atoms with Gasteiger partial charge in [-0.25, -0.2) is 4.79 Å². The Morgan fingerprint density at radius 1 is 1.44 bits per heavy atom. The number of aliphatic hydroxyl groups is 1. The molecule has 0 aliphatic carbocycles. The van der Waals surface area contributed by atoms with E-state index in [1.807, 2.05) is 27.7 Å². The van der Waals surface area contributed by atoms with Gasteiger partial charge in [0.05, 0.1) is 0 Å². The van der Waals surface area contributed by atoms with Crippen molar-refractivity contribution >= 4 is 6.09 Å². The van der Waals surface area contributed by atoms with Crippen LogP contribution in [0.5, 0.6) is 0 Å². The highest BCUT2D eigenvalue weighted by atomic mass is 16.6. The largest absolute Gasteiger partial charge is 0.444 e. The average Bonchev–Trinajstić information content (AvgIpc) is 2.27. The molecule has 5 heteroatoms. The molecule has 18 heavy (non-hydrogen) atoms. The number of amides is 1. The van der Waals surface area contributed by atoms with Crippen molar-refractivity contribution < 1.29 is 14.6 Å². The van der Waals surface area contributed by atoms with Gasteiger partial charge >= 0.3 is 6.09 Å². The minimum absolute atomic E-state index is 0.226. The summed E-state index contributed by atoms with van der Waals surface area (Å²) in [7, 11) is 0. The normalized spacial score (nSPS) is 19.7. The van der Waals surface area contributed by atoms with Gasteiger partial charge in [-0.2, -0.15) is 0 Å². The standard InChI is InChI=1S/C13H26N2O3/c1-5-14-11(16)10-6-8-15(9-7-10)12(17)18-13(2,3)4/h10-11,14,16H,5-9H2,1-4H3. The molecular weight excluding hydrogens is 232 g/mol. The zero-order valence-corrected chi connectivity index (χ0v) is 11.9. The molecule has 1 heterocycles. The fraction of sp³-hybridized carbons (Fsp3) is 0.923. The summed E-state index contributed by atoms with van der Waals surface area (Å²) in [5.41, 5.74) is -0.447. The van der Waals surface area contributed by atoms with Gasteiger partial charge in [0.25, 0.3) is 0 Å². The molecule has 1 unspecified atom stereocenters. The molecule has 1 aliphatic rings. The van der Waals surface area contributed by atoms with E-state index in [0.29, 0.717) is 13.1 Å². The summed E-state index contributed by atoms with van der Waals surface area (Å²) in [6.07, 6.45) is 0.913. The van der Waals surface area contributed by atoms with Gasteiger partial charge in [-0.05, 0) is 40.2 Å². The van der Waals surface area contributed by atoms with Crippen LogP contribution in [0, 0.1) is 5.92 Å². The van der Waals surface area contributed by atoms with Crippen LogP contribution in [0.25, 0.3) is 0 Å². The van der Waals surface area contributed by atoms with Gasteiger partial charge in [0.2, 0.25) is 0 Å². The van der Waals surface area contributed by atoms with Crippen LogP contribution in [0.4, 0.5) is 4.79 Å². The third-order valence-corrected chi connectivity index (χ3v) is 3.05. The van der Waals surface area contributed by atoms with Crippen molar-refractivity contribution in [1.82, 2.24) is 10.2 Å². The van der Waals surface area contributed by atoms with Gasteiger partial charge in [-0.1, -0.05) is 6.92 Å². The first-order chi connectivity index (χ1) is 8.33. The molecular formula is C13H26N2O3. The monoisotopic (exact) mass is 258 g/mol. The number of likely N-dealkylation sites (tertiary alicyclic amines) is 1. The SMILES string of the molecule is CCNC(O)C1CCN(C(=O)OC(C)(C)C)CC1. The first kappa shape index (κ1) is 15.2. The van der Waals surface area contributed by atoms with Crippen LogP contribution in [-0.4, -0.2) is 47.6 Å². The maximum absolute atomic E-state index is 11.8. The van der Waals surface area contributed by atoms with Gasteiger partial charge in [0.1, 0.15) is 11.8 Å². The average molecular weight is 258 g/mol. The molecule has 1 atom stereocenters. The highest BCUT2D eigenvalue weighted by Crippen LogP contribution is 2.21. The lowest BCUT2D eigenvalue weighted by Crippen LogP contribution is -2.46. The van der Waals surface area contributed by atoms with Gasteiger partial charge < -0.3 is 14.7 Å². The molecule has 0 radical (unpaired) electrons. The quantitative estimate of drug-likeness (QED) is 0.754. The topological polar surface area (TPSA) is 61.8 Å². The Hall–Kier alpha value is -0.810. The van der Waals surface area contributed by atoms with Crippen molar-refractivity contribution in [1.29, 1.82) is 0 Å². The Bertz CT molecular complexity index is 268. The van der Waals surface area contributed by atoms with Gasteiger partial charge in [-0.15, -0.1) is 0 Å². The molecule has 106 valence electrons. The van der Waals surface area contributed by atoms with Gasteiger partial charge in [0.15, 0.2) is 0 Å². The lowest BCUT2D eigenvalue weighted by atomic mass is 9.95. The van der Waals surface area contributed by atoms with Crippen molar-refractivity contribution in [3.05, 3.63) is 0 Å². The maximum atomic E-state index is 11.8. The summed E-state index contributed by atoms with van der Waals surface area (Å²) >= 11 is 0. The second kappa shape index (κ2) is 6.38. The minimum Gasteiger partial charge on any atom is -0.444 e. The van der Waals surface area contributed by atoms with Crippen molar-refractivity contribution in [2.45, 2.75) is 52.4 Å². The molecule has 0 bridgehead atoms. The molecule has 0 aromatic heterocycles. The van der Waals surface area contributed by atoms with Crippen LogP contribution in [-0.2, 0) is 4.74 Å². The zero-order valence-electron chi connectivity index (χ0n) is 11.9. The predicted octanol–water partition coefficient (Wildman–Crippen LogP) is 1.56. The number of hydrogen-bond acceptors (Lipinski definition) is 4. The molecule has 0 saturated carbocycles. The van der Waals surface area contributed by atoms with Crippen LogP contribution in [0.3, 0.4) is 0 Å².